The molecular weight excluding hydrogens is 200 g/mol. The molecule has 0 saturated heterocycles. The van der Waals surface area contributed by atoms with Crippen molar-refractivity contribution in [2.45, 2.75) is 19.8 Å². The van der Waals surface area contributed by atoms with E-state index in [2.05, 4.69) is 5.10 Å². The van der Waals surface area contributed by atoms with Gasteiger partial charge in [-0.2, -0.15) is 5.10 Å². The lowest BCUT2D eigenvalue weighted by molar-refractivity contribution is -0.116. The molecule has 0 bridgehead atoms. The number of carbonyl (C=O) groups excluding carboxylic acids is 1. The fourth-order valence-corrected chi connectivity index (χ4v) is 1.42. The zero-order valence-electron chi connectivity index (χ0n) is 10.1. The second-order valence-electron chi connectivity index (χ2n) is 3.96. The maximum absolute atomic E-state index is 11.0. The average Bonchev–Trinajstić information content (AvgIpc) is 2.25. The minimum Gasteiger partial charge on any atom is -0.303 e. The summed E-state index contributed by atoms with van der Waals surface area (Å²) < 4.78 is 0. The van der Waals surface area contributed by atoms with Gasteiger partial charge in [-0.15, -0.1) is 0 Å². The Labute approximate surface area is 96.8 Å². The van der Waals surface area contributed by atoms with Crippen LogP contribution in [0.1, 0.15) is 25.3 Å². The number of hydrogen-bond donors (Lipinski definition) is 0. The van der Waals surface area contributed by atoms with Crippen molar-refractivity contribution in [2.24, 2.45) is 5.10 Å². The lowest BCUT2D eigenvalue weighted by Gasteiger charge is -2.10. The monoisotopic (exact) mass is 218 g/mol. The van der Waals surface area contributed by atoms with E-state index in [0.717, 1.165) is 11.3 Å². The van der Waals surface area contributed by atoms with Crippen LogP contribution >= 0.6 is 0 Å². The molecule has 0 atom stereocenters. The molecule has 0 aliphatic rings. The highest BCUT2D eigenvalue weighted by Gasteiger charge is 2.05. The smallest absolute Gasteiger partial charge is 0.130 e. The molecule has 0 fully saturated rings. The van der Waals surface area contributed by atoms with Gasteiger partial charge in [-0.1, -0.05) is 30.3 Å². The summed E-state index contributed by atoms with van der Waals surface area (Å²) in [7, 11) is 3.77. The Morgan fingerprint density at radius 1 is 1.19 bits per heavy atom. The van der Waals surface area contributed by atoms with Crippen molar-refractivity contribution >= 4 is 11.5 Å². The van der Waals surface area contributed by atoms with E-state index in [-0.39, 0.29) is 5.78 Å². The van der Waals surface area contributed by atoms with Crippen molar-refractivity contribution in [3.05, 3.63) is 35.9 Å². The summed E-state index contributed by atoms with van der Waals surface area (Å²) in [6, 6.07) is 9.97. The van der Waals surface area contributed by atoms with Gasteiger partial charge in [0, 0.05) is 20.5 Å². The molecule has 3 nitrogen and oxygen atoms in total. The molecule has 0 spiro atoms. The standard InChI is InChI=1S/C13H18N2O/c1-11(16)9-10-13(14-15(2)3)12-7-5-4-6-8-12/h4-8H,9-10H2,1-3H3. The van der Waals surface area contributed by atoms with Gasteiger partial charge in [0.15, 0.2) is 0 Å². The molecular formula is C13H18N2O. The molecule has 0 radical (unpaired) electrons. The SMILES string of the molecule is CC(=O)CCC(=NN(C)C)c1ccccc1. The first kappa shape index (κ1) is 12.4. The third kappa shape index (κ3) is 4.26. The van der Waals surface area contributed by atoms with Crippen molar-refractivity contribution in [3.8, 4) is 0 Å². The zero-order valence-corrected chi connectivity index (χ0v) is 10.1. The topological polar surface area (TPSA) is 32.7 Å². The molecule has 0 aliphatic heterocycles. The van der Waals surface area contributed by atoms with Gasteiger partial charge in [0.25, 0.3) is 0 Å². The van der Waals surface area contributed by atoms with Gasteiger partial charge in [-0.3, -0.25) is 0 Å². The van der Waals surface area contributed by atoms with Crippen LogP contribution < -0.4 is 0 Å². The summed E-state index contributed by atoms with van der Waals surface area (Å²) in [4.78, 5) is 11.0. The predicted molar refractivity (Wildman–Crippen MR) is 66.6 cm³/mol. The number of hydrogen-bond acceptors (Lipinski definition) is 3. The number of benzene rings is 1. The van der Waals surface area contributed by atoms with Crippen molar-refractivity contribution in [2.75, 3.05) is 14.1 Å². The molecule has 1 rings (SSSR count). The number of ketones is 1. The summed E-state index contributed by atoms with van der Waals surface area (Å²) in [6.07, 6.45) is 1.24. The summed E-state index contributed by atoms with van der Waals surface area (Å²) >= 11 is 0. The maximum Gasteiger partial charge on any atom is 0.130 e. The fraction of sp³-hybridized carbons (Fsp3) is 0.385. The number of nitrogens with zero attached hydrogens (tertiary/aromatic N) is 2. The van der Waals surface area contributed by atoms with Crippen molar-refractivity contribution in [3.63, 3.8) is 0 Å². The first-order valence-electron chi connectivity index (χ1n) is 5.39. The predicted octanol–water partition coefficient (Wildman–Crippen LogP) is 2.32. The zero-order chi connectivity index (χ0) is 12.0. The summed E-state index contributed by atoms with van der Waals surface area (Å²) in [5.74, 6) is 0.197. The normalized spacial score (nSPS) is 11.3. The van der Waals surface area contributed by atoms with Gasteiger partial charge in [0.2, 0.25) is 0 Å². The molecule has 0 heterocycles. The van der Waals surface area contributed by atoms with E-state index >= 15 is 0 Å². The highest BCUT2D eigenvalue weighted by Crippen LogP contribution is 2.07. The van der Waals surface area contributed by atoms with Gasteiger partial charge in [0.05, 0.1) is 5.71 Å². The number of Topliss-reactive ketones (excluding diaryl/α,β-unsaturated/α-hetero) is 1. The van der Waals surface area contributed by atoms with Gasteiger partial charge in [0.1, 0.15) is 5.78 Å². The molecule has 1 aromatic rings. The van der Waals surface area contributed by atoms with Gasteiger partial charge >= 0.3 is 0 Å². The van der Waals surface area contributed by atoms with Crippen molar-refractivity contribution in [1.82, 2.24) is 5.01 Å². The van der Waals surface area contributed by atoms with E-state index in [1.54, 1.807) is 11.9 Å². The van der Waals surface area contributed by atoms with Gasteiger partial charge in [-0.25, -0.2) is 0 Å². The van der Waals surface area contributed by atoms with Crippen LogP contribution in [0.2, 0.25) is 0 Å². The fourth-order valence-electron chi connectivity index (χ4n) is 1.42. The van der Waals surface area contributed by atoms with E-state index in [1.165, 1.54) is 0 Å². The Balaban J connectivity index is 2.84. The van der Waals surface area contributed by atoms with Gasteiger partial charge < -0.3 is 9.80 Å². The van der Waals surface area contributed by atoms with Crippen LogP contribution in [-0.2, 0) is 4.79 Å². The van der Waals surface area contributed by atoms with Crippen LogP contribution in [0.3, 0.4) is 0 Å². The van der Waals surface area contributed by atoms with Crippen LogP contribution in [0.15, 0.2) is 35.4 Å². The third-order valence-corrected chi connectivity index (χ3v) is 2.14. The molecule has 0 aliphatic carbocycles. The van der Waals surface area contributed by atoms with Crippen LogP contribution in [0, 0.1) is 0 Å². The molecule has 3 heteroatoms. The van der Waals surface area contributed by atoms with E-state index in [4.69, 9.17) is 0 Å². The molecule has 16 heavy (non-hydrogen) atoms. The van der Waals surface area contributed by atoms with E-state index in [1.807, 2.05) is 44.4 Å². The molecule has 0 aromatic heterocycles. The average molecular weight is 218 g/mol. The summed E-state index contributed by atoms with van der Waals surface area (Å²) in [5.41, 5.74) is 2.04. The molecule has 0 unspecified atom stereocenters. The highest BCUT2D eigenvalue weighted by molar-refractivity contribution is 6.01. The van der Waals surface area contributed by atoms with Crippen LogP contribution in [0.4, 0.5) is 0 Å². The molecule has 0 amide bonds. The quantitative estimate of drug-likeness (QED) is 0.561. The Hall–Kier alpha value is -1.64. The Morgan fingerprint density at radius 3 is 2.31 bits per heavy atom. The van der Waals surface area contributed by atoms with Crippen LogP contribution in [-0.4, -0.2) is 30.6 Å². The Morgan fingerprint density at radius 2 is 1.81 bits per heavy atom. The molecule has 0 saturated carbocycles. The second kappa shape index (κ2) is 6.05. The van der Waals surface area contributed by atoms with E-state index in [0.29, 0.717) is 12.8 Å². The lowest BCUT2D eigenvalue weighted by atomic mass is 10.0. The maximum atomic E-state index is 11.0. The number of rotatable bonds is 5. The lowest BCUT2D eigenvalue weighted by Crippen LogP contribution is -2.11. The molecule has 1 aromatic carbocycles. The van der Waals surface area contributed by atoms with Crippen LogP contribution in [0.5, 0.6) is 0 Å². The number of hydrazone groups is 1. The van der Waals surface area contributed by atoms with Gasteiger partial charge in [-0.05, 0) is 18.9 Å². The number of carbonyl (C=O) groups is 1. The Kier molecular flexibility index (Phi) is 4.70. The van der Waals surface area contributed by atoms with Crippen LogP contribution in [0.25, 0.3) is 0 Å². The highest BCUT2D eigenvalue weighted by atomic mass is 16.1. The summed E-state index contributed by atoms with van der Waals surface area (Å²) in [5, 5.41) is 6.18. The van der Waals surface area contributed by atoms with Crippen molar-refractivity contribution in [1.29, 1.82) is 0 Å². The largest absolute Gasteiger partial charge is 0.303 e. The molecule has 0 N–H and O–H groups in total. The first-order valence-corrected chi connectivity index (χ1v) is 5.39. The Bertz CT molecular complexity index is 369. The third-order valence-electron chi connectivity index (χ3n) is 2.14. The minimum absolute atomic E-state index is 0.197. The molecule has 86 valence electrons. The van der Waals surface area contributed by atoms with E-state index in [9.17, 15) is 4.79 Å². The first-order chi connectivity index (χ1) is 7.59. The van der Waals surface area contributed by atoms with Crippen molar-refractivity contribution < 1.29 is 4.79 Å². The van der Waals surface area contributed by atoms with E-state index < -0.39 is 0 Å². The summed E-state index contributed by atoms with van der Waals surface area (Å²) in [6.45, 7) is 1.61. The second-order valence-corrected chi connectivity index (χ2v) is 3.96. The minimum atomic E-state index is 0.197.